The standard InChI is InChI=1S/C13H7F4NO2/c14-11-9(2-1-3-10(11)13(15,16)17)7-4-8(12(19)20)6-18-5-7/h1-6H,(H,19,20). The number of halogens is 4. The third-order valence-corrected chi connectivity index (χ3v) is 2.60. The Bertz CT molecular complexity index is 668. The largest absolute Gasteiger partial charge is 0.478 e. The van der Waals surface area contributed by atoms with Crippen molar-refractivity contribution < 1.29 is 27.5 Å². The number of carboxylic acid groups (broad SMARTS) is 1. The number of benzene rings is 1. The minimum atomic E-state index is -4.82. The van der Waals surface area contributed by atoms with Crippen molar-refractivity contribution in [2.75, 3.05) is 0 Å². The van der Waals surface area contributed by atoms with Gasteiger partial charge in [0.25, 0.3) is 0 Å². The molecule has 3 nitrogen and oxygen atoms in total. The highest BCUT2D eigenvalue weighted by atomic mass is 19.4. The predicted molar refractivity (Wildman–Crippen MR) is 61.6 cm³/mol. The van der Waals surface area contributed by atoms with Gasteiger partial charge < -0.3 is 5.11 Å². The van der Waals surface area contributed by atoms with Gasteiger partial charge in [0.05, 0.1) is 11.1 Å². The summed E-state index contributed by atoms with van der Waals surface area (Å²) in [6, 6.07) is 3.86. The second-order valence-corrected chi connectivity index (χ2v) is 3.93. The zero-order valence-electron chi connectivity index (χ0n) is 9.78. The average molecular weight is 285 g/mol. The Balaban J connectivity index is 2.59. The first-order valence-corrected chi connectivity index (χ1v) is 5.35. The Morgan fingerprint density at radius 3 is 2.50 bits per heavy atom. The molecule has 2 aromatic rings. The number of alkyl halides is 3. The van der Waals surface area contributed by atoms with E-state index in [0.717, 1.165) is 30.6 Å². The fourth-order valence-corrected chi connectivity index (χ4v) is 1.68. The van der Waals surface area contributed by atoms with Crippen LogP contribution in [0, 0.1) is 5.82 Å². The Kier molecular flexibility index (Phi) is 3.44. The lowest BCUT2D eigenvalue weighted by Gasteiger charge is -2.11. The van der Waals surface area contributed by atoms with Crippen LogP contribution in [0.25, 0.3) is 11.1 Å². The molecule has 1 heterocycles. The first-order valence-electron chi connectivity index (χ1n) is 5.35. The average Bonchev–Trinajstić information content (AvgIpc) is 2.37. The molecule has 20 heavy (non-hydrogen) atoms. The van der Waals surface area contributed by atoms with E-state index in [2.05, 4.69) is 4.98 Å². The molecular formula is C13H7F4NO2. The number of carbonyl (C=O) groups is 1. The van der Waals surface area contributed by atoms with E-state index in [0.29, 0.717) is 6.07 Å². The third-order valence-electron chi connectivity index (χ3n) is 2.60. The van der Waals surface area contributed by atoms with Gasteiger partial charge in [-0.05, 0) is 12.1 Å². The number of aromatic nitrogens is 1. The third kappa shape index (κ3) is 2.61. The normalized spacial score (nSPS) is 11.4. The lowest BCUT2D eigenvalue weighted by molar-refractivity contribution is -0.139. The van der Waals surface area contributed by atoms with Crippen LogP contribution < -0.4 is 0 Å². The van der Waals surface area contributed by atoms with Crippen molar-refractivity contribution in [3.05, 3.63) is 53.6 Å². The second-order valence-electron chi connectivity index (χ2n) is 3.93. The van der Waals surface area contributed by atoms with Gasteiger partial charge in [0.2, 0.25) is 0 Å². The highest BCUT2D eigenvalue weighted by molar-refractivity contribution is 5.88. The van der Waals surface area contributed by atoms with Gasteiger partial charge in [0, 0.05) is 23.5 Å². The van der Waals surface area contributed by atoms with E-state index in [1.165, 1.54) is 0 Å². The maximum absolute atomic E-state index is 13.9. The van der Waals surface area contributed by atoms with Crippen LogP contribution >= 0.6 is 0 Å². The maximum atomic E-state index is 13.9. The number of nitrogens with zero attached hydrogens (tertiary/aromatic N) is 1. The zero-order chi connectivity index (χ0) is 14.9. The van der Waals surface area contributed by atoms with E-state index in [-0.39, 0.29) is 16.7 Å². The zero-order valence-corrected chi connectivity index (χ0v) is 9.78. The van der Waals surface area contributed by atoms with E-state index >= 15 is 0 Å². The molecule has 0 spiro atoms. The van der Waals surface area contributed by atoms with E-state index < -0.39 is 23.5 Å². The van der Waals surface area contributed by atoms with Crippen LogP contribution in [-0.2, 0) is 6.18 Å². The fourth-order valence-electron chi connectivity index (χ4n) is 1.68. The van der Waals surface area contributed by atoms with Crippen molar-refractivity contribution in [3.63, 3.8) is 0 Å². The molecular weight excluding hydrogens is 278 g/mol. The van der Waals surface area contributed by atoms with Gasteiger partial charge in [-0.15, -0.1) is 0 Å². The van der Waals surface area contributed by atoms with Crippen LogP contribution in [0.3, 0.4) is 0 Å². The number of carboxylic acids is 1. The molecule has 2 rings (SSSR count). The molecule has 0 aliphatic heterocycles. The van der Waals surface area contributed by atoms with Gasteiger partial charge in [-0.3, -0.25) is 4.98 Å². The molecule has 0 saturated carbocycles. The molecule has 0 fully saturated rings. The number of hydrogen-bond donors (Lipinski definition) is 1. The summed E-state index contributed by atoms with van der Waals surface area (Å²) in [5.41, 5.74) is -2.03. The lowest BCUT2D eigenvalue weighted by atomic mass is 10.0. The van der Waals surface area contributed by atoms with Gasteiger partial charge in [0.15, 0.2) is 0 Å². The molecule has 0 atom stereocenters. The predicted octanol–water partition coefficient (Wildman–Crippen LogP) is 3.60. The number of rotatable bonds is 2. The highest BCUT2D eigenvalue weighted by Crippen LogP contribution is 2.35. The second kappa shape index (κ2) is 4.92. The van der Waals surface area contributed by atoms with Crippen molar-refractivity contribution in [3.8, 4) is 11.1 Å². The van der Waals surface area contributed by atoms with E-state index in [4.69, 9.17) is 5.11 Å². The topological polar surface area (TPSA) is 50.2 Å². The number of aromatic carboxylic acids is 1. The van der Waals surface area contributed by atoms with E-state index in [1.54, 1.807) is 0 Å². The molecule has 1 aromatic carbocycles. The van der Waals surface area contributed by atoms with E-state index in [1.807, 2.05) is 0 Å². The van der Waals surface area contributed by atoms with Crippen LogP contribution in [-0.4, -0.2) is 16.1 Å². The summed E-state index contributed by atoms with van der Waals surface area (Å²) < 4.78 is 51.7. The Labute approximate surface area is 110 Å². The van der Waals surface area contributed by atoms with Crippen LogP contribution in [0.2, 0.25) is 0 Å². The van der Waals surface area contributed by atoms with Gasteiger partial charge in [0.1, 0.15) is 5.82 Å². The Morgan fingerprint density at radius 2 is 1.90 bits per heavy atom. The van der Waals surface area contributed by atoms with Gasteiger partial charge in [-0.1, -0.05) is 12.1 Å². The summed E-state index contributed by atoms with van der Waals surface area (Å²) in [6.07, 6.45) is -2.69. The highest BCUT2D eigenvalue weighted by Gasteiger charge is 2.35. The molecule has 0 unspecified atom stereocenters. The fraction of sp³-hybridized carbons (Fsp3) is 0.0769. The molecule has 0 saturated heterocycles. The monoisotopic (exact) mass is 285 g/mol. The molecule has 0 amide bonds. The van der Waals surface area contributed by atoms with Crippen LogP contribution in [0.15, 0.2) is 36.7 Å². The minimum Gasteiger partial charge on any atom is -0.478 e. The van der Waals surface area contributed by atoms with Crippen LogP contribution in [0.5, 0.6) is 0 Å². The number of pyridine rings is 1. The first kappa shape index (κ1) is 14.0. The SMILES string of the molecule is O=C(O)c1cncc(-c2cccc(C(F)(F)F)c2F)c1. The molecule has 0 bridgehead atoms. The van der Waals surface area contributed by atoms with Crippen molar-refractivity contribution in [2.45, 2.75) is 6.18 Å². The molecule has 1 aromatic heterocycles. The van der Waals surface area contributed by atoms with Gasteiger partial charge >= 0.3 is 12.1 Å². The smallest absolute Gasteiger partial charge is 0.419 e. The lowest BCUT2D eigenvalue weighted by Crippen LogP contribution is -2.09. The molecule has 1 N–H and O–H groups in total. The van der Waals surface area contributed by atoms with Gasteiger partial charge in [-0.2, -0.15) is 13.2 Å². The summed E-state index contributed by atoms with van der Waals surface area (Å²) in [5.74, 6) is -2.75. The van der Waals surface area contributed by atoms with Crippen LogP contribution in [0.1, 0.15) is 15.9 Å². The first-order chi connectivity index (χ1) is 9.30. The minimum absolute atomic E-state index is 0.0338. The molecule has 0 aliphatic carbocycles. The van der Waals surface area contributed by atoms with Crippen molar-refractivity contribution in [1.29, 1.82) is 0 Å². The molecule has 7 heteroatoms. The molecule has 0 aliphatic rings. The summed E-state index contributed by atoms with van der Waals surface area (Å²) >= 11 is 0. The van der Waals surface area contributed by atoms with Crippen molar-refractivity contribution in [1.82, 2.24) is 4.98 Å². The molecule has 104 valence electrons. The van der Waals surface area contributed by atoms with Crippen molar-refractivity contribution >= 4 is 5.97 Å². The summed E-state index contributed by atoms with van der Waals surface area (Å²) in [7, 11) is 0. The summed E-state index contributed by atoms with van der Waals surface area (Å²) in [6.45, 7) is 0. The van der Waals surface area contributed by atoms with E-state index in [9.17, 15) is 22.4 Å². The number of hydrogen-bond acceptors (Lipinski definition) is 2. The van der Waals surface area contributed by atoms with Crippen molar-refractivity contribution in [2.24, 2.45) is 0 Å². The maximum Gasteiger partial charge on any atom is 0.419 e. The summed E-state index contributed by atoms with van der Waals surface area (Å²) in [4.78, 5) is 14.4. The Morgan fingerprint density at radius 1 is 1.20 bits per heavy atom. The molecule has 0 radical (unpaired) electrons. The Hall–Kier alpha value is -2.44. The van der Waals surface area contributed by atoms with Gasteiger partial charge in [-0.25, -0.2) is 9.18 Å². The quantitative estimate of drug-likeness (QED) is 0.858. The van der Waals surface area contributed by atoms with Crippen LogP contribution in [0.4, 0.5) is 17.6 Å². The summed E-state index contributed by atoms with van der Waals surface area (Å²) in [5, 5.41) is 8.80.